The predicted octanol–water partition coefficient (Wildman–Crippen LogP) is 5.06. The number of benzene rings is 2. The largest absolute Gasteiger partial charge is 0.440 e. The van der Waals surface area contributed by atoms with E-state index in [4.69, 9.17) is 18.9 Å². The number of carbonyl (C=O) groups is 3. The van der Waals surface area contributed by atoms with Crippen molar-refractivity contribution >= 4 is 29.4 Å². The molecule has 4 amide bonds. The Morgan fingerprint density at radius 3 is 1.88 bits per heavy atom. The Labute approximate surface area is 342 Å². The number of alkyl halides is 6. The summed E-state index contributed by atoms with van der Waals surface area (Å²) in [7, 11) is 0. The van der Waals surface area contributed by atoms with E-state index in [-0.39, 0.29) is 17.8 Å². The maximum Gasteiger partial charge on any atom is 0.416 e. The number of carbonyl (C=O) groups excluding carboxylic acids is 3. The summed E-state index contributed by atoms with van der Waals surface area (Å²) in [6.07, 6.45) is -15.4. The van der Waals surface area contributed by atoms with E-state index in [9.17, 15) is 61.2 Å². The fourth-order valence-electron chi connectivity index (χ4n) is 6.82. The quantitative estimate of drug-likeness (QED) is 0.0732. The van der Waals surface area contributed by atoms with Crippen LogP contribution in [0.1, 0.15) is 75.8 Å². The van der Waals surface area contributed by atoms with Crippen molar-refractivity contribution in [2.24, 2.45) is 0 Å². The Morgan fingerprint density at radius 2 is 1.32 bits per heavy atom. The van der Waals surface area contributed by atoms with Gasteiger partial charge in [0.15, 0.2) is 12.4 Å². The summed E-state index contributed by atoms with van der Waals surface area (Å²) in [5.41, 5.74) is -2.73. The van der Waals surface area contributed by atoms with Gasteiger partial charge < -0.3 is 55.3 Å². The minimum absolute atomic E-state index is 0.0443. The first-order chi connectivity index (χ1) is 28.4. The molecule has 4 unspecified atom stereocenters. The third-order valence-corrected chi connectivity index (χ3v) is 9.96. The molecule has 0 aromatic heterocycles. The molecule has 8 N–H and O–H groups in total. The molecule has 15 nitrogen and oxygen atoms in total. The molecule has 0 radical (unpaired) electrons. The number of urea groups is 1. The molecular weight excluding hydrogens is 814 g/mol. The van der Waals surface area contributed by atoms with E-state index in [1.54, 1.807) is 0 Å². The molecule has 0 spiro atoms. The fraction of sp³-hybridized carbons (Fsp3) is 0.615. The minimum atomic E-state index is -4.75. The molecule has 2 aromatic carbocycles. The van der Waals surface area contributed by atoms with Crippen LogP contribution in [0.2, 0.25) is 0 Å². The summed E-state index contributed by atoms with van der Waals surface area (Å²) in [6, 6.07) is 3.63. The number of hydrogen-bond donors (Lipinski definition) is 8. The number of ether oxygens (including phenoxy) is 4. The van der Waals surface area contributed by atoms with Gasteiger partial charge in [-0.15, -0.1) is 0 Å². The van der Waals surface area contributed by atoms with Crippen LogP contribution in [0.15, 0.2) is 48.5 Å². The van der Waals surface area contributed by atoms with Crippen LogP contribution in [-0.4, -0.2) is 113 Å². The van der Waals surface area contributed by atoms with Crippen molar-refractivity contribution < 1.29 is 80.1 Å². The van der Waals surface area contributed by atoms with Crippen LogP contribution in [-0.2, 0) is 36.1 Å². The number of hydrogen-bond acceptors (Lipinski definition) is 11. The van der Waals surface area contributed by atoms with E-state index in [0.29, 0.717) is 18.6 Å². The number of unbranched alkanes of at least 4 members (excludes halogenated alkanes) is 7. The zero-order valence-electron chi connectivity index (χ0n) is 32.7. The Morgan fingerprint density at radius 1 is 0.750 bits per heavy atom. The van der Waals surface area contributed by atoms with Crippen molar-refractivity contribution in [2.75, 3.05) is 30.5 Å². The SMILES string of the molecule is CCCCCCCCCCC(=O)N[C@H]1C(CO)OCC(NC(=O)Nc2cccc(C(F)(F)F)c2)[C@H]1O[C@@H]1OC(CO)[C@H](O)[C@H](OC(=O)Nc2cccc(C(F)(F)F)c2)C1O. The first-order valence-corrected chi connectivity index (χ1v) is 19.6. The van der Waals surface area contributed by atoms with Gasteiger partial charge in [-0.3, -0.25) is 10.1 Å². The second-order valence-corrected chi connectivity index (χ2v) is 14.5. The van der Waals surface area contributed by atoms with Crippen LogP contribution in [0.3, 0.4) is 0 Å². The highest BCUT2D eigenvalue weighted by Gasteiger charge is 2.51. The van der Waals surface area contributed by atoms with Crippen LogP contribution < -0.4 is 21.3 Å². The van der Waals surface area contributed by atoms with Gasteiger partial charge in [0, 0.05) is 17.8 Å². The molecule has 9 atom stereocenters. The van der Waals surface area contributed by atoms with Gasteiger partial charge >= 0.3 is 24.5 Å². The highest BCUT2D eigenvalue weighted by molar-refractivity contribution is 5.89. The lowest BCUT2D eigenvalue weighted by molar-refractivity contribution is -0.319. The summed E-state index contributed by atoms with van der Waals surface area (Å²) in [6.45, 7) is 0.0585. The first-order valence-electron chi connectivity index (χ1n) is 19.6. The van der Waals surface area contributed by atoms with E-state index in [0.717, 1.165) is 75.3 Å². The summed E-state index contributed by atoms with van der Waals surface area (Å²) in [4.78, 5) is 39.4. The molecule has 21 heteroatoms. The van der Waals surface area contributed by atoms with Crippen molar-refractivity contribution in [1.82, 2.24) is 10.6 Å². The van der Waals surface area contributed by atoms with Crippen molar-refractivity contribution in [3.8, 4) is 0 Å². The van der Waals surface area contributed by atoms with Crippen molar-refractivity contribution in [2.45, 2.75) is 132 Å². The molecule has 2 aromatic rings. The van der Waals surface area contributed by atoms with Gasteiger partial charge in [-0.25, -0.2) is 9.59 Å². The summed E-state index contributed by atoms with van der Waals surface area (Å²) in [5, 5.41) is 52.2. The Kier molecular flexibility index (Phi) is 18.2. The molecule has 0 bridgehead atoms. The van der Waals surface area contributed by atoms with Crippen molar-refractivity contribution in [1.29, 1.82) is 0 Å². The molecule has 60 heavy (non-hydrogen) atoms. The number of aliphatic hydroxyl groups is 4. The minimum Gasteiger partial charge on any atom is -0.440 e. The molecule has 4 rings (SSSR count). The third kappa shape index (κ3) is 14.2. The number of anilines is 2. The highest BCUT2D eigenvalue weighted by atomic mass is 19.4. The normalized spacial score (nSPS) is 25.9. The van der Waals surface area contributed by atoms with E-state index in [1.807, 2.05) is 0 Å². The Hall–Kier alpha value is -4.25. The van der Waals surface area contributed by atoms with Gasteiger partial charge in [0.25, 0.3) is 0 Å². The lowest BCUT2D eigenvalue weighted by Crippen LogP contribution is -2.69. The van der Waals surface area contributed by atoms with E-state index in [1.165, 1.54) is 6.07 Å². The van der Waals surface area contributed by atoms with Crippen molar-refractivity contribution in [3.05, 3.63) is 59.7 Å². The molecule has 2 heterocycles. The molecule has 336 valence electrons. The third-order valence-electron chi connectivity index (χ3n) is 9.96. The van der Waals surface area contributed by atoms with Gasteiger partial charge in [0.1, 0.15) is 30.5 Å². The maximum absolute atomic E-state index is 13.4. The number of rotatable bonds is 18. The van der Waals surface area contributed by atoms with Crippen molar-refractivity contribution in [3.63, 3.8) is 0 Å². The molecule has 0 aliphatic carbocycles. The van der Waals surface area contributed by atoms with Gasteiger partial charge in [-0.1, -0.05) is 64.0 Å². The van der Waals surface area contributed by atoms with E-state index >= 15 is 0 Å². The molecule has 2 fully saturated rings. The fourth-order valence-corrected chi connectivity index (χ4v) is 6.82. The first kappa shape index (κ1) is 48.4. The molecule has 2 aliphatic rings. The van der Waals surface area contributed by atoms with Crippen LogP contribution in [0, 0.1) is 0 Å². The average molecular weight is 867 g/mol. The lowest BCUT2D eigenvalue weighted by Gasteiger charge is -2.47. The molecule has 0 saturated carbocycles. The van der Waals surface area contributed by atoms with Gasteiger partial charge in [0.2, 0.25) is 5.91 Å². The second kappa shape index (κ2) is 22.6. The Balaban J connectivity index is 1.55. The Bertz CT molecular complexity index is 1690. The monoisotopic (exact) mass is 866 g/mol. The second-order valence-electron chi connectivity index (χ2n) is 14.5. The van der Waals surface area contributed by atoms with Gasteiger partial charge in [-0.05, 0) is 42.8 Å². The number of amides is 4. The maximum atomic E-state index is 13.4. The topological polar surface area (TPSA) is 217 Å². The average Bonchev–Trinajstić information content (AvgIpc) is 3.19. The van der Waals surface area contributed by atoms with E-state index < -0.39 is 116 Å². The zero-order valence-corrected chi connectivity index (χ0v) is 32.7. The number of halogens is 6. The van der Waals surface area contributed by atoms with Gasteiger partial charge in [-0.2, -0.15) is 26.3 Å². The standard InChI is InChI=1S/C39H52F6N4O11/c1-2-3-4-5-6-7-8-9-16-29(52)49-30-27(19-50)57-21-26(48-36(55)46-24-14-10-12-22(17-24)38(40,41)42)33(30)59-35-32(54)34(31(53)28(20-51)58-35)60-37(56)47-25-15-11-13-23(18-25)39(43,44)45/h10-15,17-18,26-28,30-35,50-51,53-54H,2-9,16,19-21H2,1H3,(H,47,56)(H,49,52)(H2,46,48,55)/t26?,27?,28?,30-,31-,32?,33+,34-,35-/m0/s1. The summed E-state index contributed by atoms with van der Waals surface area (Å²) in [5.74, 6) is -0.503. The van der Waals surface area contributed by atoms with Crippen LogP contribution in [0.4, 0.5) is 47.3 Å². The van der Waals surface area contributed by atoms with Gasteiger partial charge in [0.05, 0.1) is 43.0 Å². The van der Waals surface area contributed by atoms with Crippen LogP contribution in [0.25, 0.3) is 0 Å². The lowest BCUT2D eigenvalue weighted by atomic mass is 9.94. The molecule has 2 saturated heterocycles. The summed E-state index contributed by atoms with van der Waals surface area (Å²) >= 11 is 0. The summed E-state index contributed by atoms with van der Waals surface area (Å²) < 4.78 is 103. The van der Waals surface area contributed by atoms with E-state index in [2.05, 4.69) is 28.2 Å². The highest BCUT2D eigenvalue weighted by Crippen LogP contribution is 2.33. The zero-order chi connectivity index (χ0) is 44.0. The molecular formula is C39H52F6N4O11. The smallest absolute Gasteiger partial charge is 0.416 e. The predicted molar refractivity (Wildman–Crippen MR) is 201 cm³/mol. The number of nitrogens with one attached hydrogen (secondary N) is 4. The van der Waals surface area contributed by atoms with Crippen LogP contribution in [0.5, 0.6) is 0 Å². The van der Waals surface area contributed by atoms with Crippen LogP contribution >= 0.6 is 0 Å². The number of aliphatic hydroxyl groups excluding tert-OH is 4. The molecule has 2 aliphatic heterocycles.